The lowest BCUT2D eigenvalue weighted by molar-refractivity contribution is -0.120. The number of hydrogen-bond donors (Lipinski definition) is 2. The molecule has 3 N–H and O–H groups in total. The first-order chi connectivity index (χ1) is 10.0. The molecule has 5 heteroatoms. The SMILES string of the molecule is CC(C(=O)Nc1cccc(Cl)c1F)C(N)c1ccccc1. The molecule has 2 aromatic rings. The largest absolute Gasteiger partial charge is 0.323 e. The minimum absolute atomic E-state index is 0.0344. The number of nitrogens with two attached hydrogens (primary N) is 1. The van der Waals surface area contributed by atoms with Crippen LogP contribution in [0.5, 0.6) is 0 Å². The van der Waals surface area contributed by atoms with E-state index in [-0.39, 0.29) is 16.6 Å². The Bertz CT molecular complexity index is 633. The summed E-state index contributed by atoms with van der Waals surface area (Å²) in [6.07, 6.45) is 0. The summed E-state index contributed by atoms with van der Waals surface area (Å²) in [5.74, 6) is -1.51. The Hall–Kier alpha value is -1.91. The topological polar surface area (TPSA) is 55.1 Å². The Morgan fingerprint density at radius 2 is 1.86 bits per heavy atom. The molecular weight excluding hydrogens is 291 g/mol. The van der Waals surface area contributed by atoms with Gasteiger partial charge in [-0.2, -0.15) is 0 Å². The number of rotatable bonds is 4. The maximum atomic E-state index is 13.8. The number of nitrogens with one attached hydrogen (secondary N) is 1. The third-order valence-electron chi connectivity index (χ3n) is 3.35. The van der Waals surface area contributed by atoms with Crippen molar-refractivity contribution in [3.05, 3.63) is 64.9 Å². The molecular formula is C16H16ClFN2O. The first kappa shape index (κ1) is 15.5. The normalized spacial score (nSPS) is 13.5. The second-order valence-corrected chi connectivity index (χ2v) is 5.22. The predicted octanol–water partition coefficient (Wildman–Crippen LogP) is 3.75. The van der Waals surface area contributed by atoms with Crippen LogP contribution < -0.4 is 11.1 Å². The van der Waals surface area contributed by atoms with Crippen molar-refractivity contribution in [2.24, 2.45) is 11.7 Å². The minimum Gasteiger partial charge on any atom is -0.323 e. The molecule has 0 heterocycles. The van der Waals surface area contributed by atoms with Gasteiger partial charge in [0.15, 0.2) is 5.82 Å². The molecule has 0 aliphatic rings. The van der Waals surface area contributed by atoms with E-state index in [2.05, 4.69) is 5.32 Å². The molecule has 110 valence electrons. The molecule has 0 fully saturated rings. The molecule has 0 saturated heterocycles. The first-order valence-corrected chi connectivity index (χ1v) is 6.94. The highest BCUT2D eigenvalue weighted by Crippen LogP contribution is 2.24. The molecule has 2 atom stereocenters. The van der Waals surface area contributed by atoms with Crippen LogP contribution in [0.1, 0.15) is 18.5 Å². The summed E-state index contributed by atoms with van der Waals surface area (Å²) in [6.45, 7) is 1.70. The van der Waals surface area contributed by atoms with Gasteiger partial charge < -0.3 is 11.1 Å². The minimum atomic E-state index is -0.645. The number of carbonyl (C=O) groups excluding carboxylic acids is 1. The number of carbonyl (C=O) groups is 1. The highest BCUT2D eigenvalue weighted by Gasteiger charge is 2.23. The zero-order valence-corrected chi connectivity index (χ0v) is 12.3. The van der Waals surface area contributed by atoms with Crippen molar-refractivity contribution in [2.75, 3.05) is 5.32 Å². The van der Waals surface area contributed by atoms with Crippen LogP contribution in [0.3, 0.4) is 0 Å². The van der Waals surface area contributed by atoms with Crippen LogP contribution in [0.4, 0.5) is 10.1 Å². The molecule has 0 aliphatic carbocycles. The van der Waals surface area contributed by atoms with Crippen LogP contribution in [0.2, 0.25) is 5.02 Å². The lowest BCUT2D eigenvalue weighted by atomic mass is 9.94. The van der Waals surface area contributed by atoms with Gasteiger partial charge in [0.2, 0.25) is 5.91 Å². The van der Waals surface area contributed by atoms with Crippen LogP contribution in [0, 0.1) is 11.7 Å². The van der Waals surface area contributed by atoms with Crippen LogP contribution in [0.15, 0.2) is 48.5 Å². The summed E-state index contributed by atoms with van der Waals surface area (Å²) in [7, 11) is 0. The van der Waals surface area contributed by atoms with E-state index in [9.17, 15) is 9.18 Å². The quantitative estimate of drug-likeness (QED) is 0.903. The summed E-state index contributed by atoms with van der Waals surface area (Å²) >= 11 is 5.68. The van der Waals surface area contributed by atoms with Crippen molar-refractivity contribution in [3.8, 4) is 0 Å². The fourth-order valence-corrected chi connectivity index (χ4v) is 2.15. The molecule has 3 nitrogen and oxygen atoms in total. The summed E-state index contributed by atoms with van der Waals surface area (Å²) in [4.78, 5) is 12.2. The lowest BCUT2D eigenvalue weighted by Crippen LogP contribution is -2.30. The van der Waals surface area contributed by atoms with E-state index in [1.165, 1.54) is 12.1 Å². The van der Waals surface area contributed by atoms with Gasteiger partial charge in [-0.25, -0.2) is 4.39 Å². The van der Waals surface area contributed by atoms with Crippen molar-refractivity contribution in [2.45, 2.75) is 13.0 Å². The third-order valence-corrected chi connectivity index (χ3v) is 3.64. The van der Waals surface area contributed by atoms with Crippen molar-refractivity contribution in [1.82, 2.24) is 0 Å². The average molecular weight is 307 g/mol. The van der Waals surface area contributed by atoms with Crippen molar-refractivity contribution >= 4 is 23.2 Å². The van der Waals surface area contributed by atoms with Gasteiger partial charge >= 0.3 is 0 Å². The Morgan fingerprint density at radius 1 is 1.19 bits per heavy atom. The van der Waals surface area contributed by atoms with Gasteiger partial charge in [-0.1, -0.05) is 54.9 Å². The smallest absolute Gasteiger partial charge is 0.229 e. The molecule has 0 saturated carbocycles. The molecule has 2 rings (SSSR count). The van der Waals surface area contributed by atoms with Gasteiger partial charge in [-0.05, 0) is 17.7 Å². The molecule has 2 unspecified atom stereocenters. The van der Waals surface area contributed by atoms with Crippen LogP contribution >= 0.6 is 11.6 Å². The Morgan fingerprint density at radius 3 is 2.52 bits per heavy atom. The molecule has 0 spiro atoms. The highest BCUT2D eigenvalue weighted by atomic mass is 35.5. The Labute approximate surface area is 127 Å². The van der Waals surface area contributed by atoms with Crippen LogP contribution in [-0.2, 0) is 4.79 Å². The van der Waals surface area contributed by atoms with Crippen LogP contribution in [0.25, 0.3) is 0 Å². The fourth-order valence-electron chi connectivity index (χ4n) is 1.97. The molecule has 1 amide bonds. The van der Waals surface area contributed by atoms with E-state index in [4.69, 9.17) is 17.3 Å². The first-order valence-electron chi connectivity index (χ1n) is 6.56. The summed E-state index contributed by atoms with van der Waals surface area (Å²) < 4.78 is 13.8. The van der Waals surface area contributed by atoms with E-state index in [0.717, 1.165) is 5.56 Å². The predicted molar refractivity (Wildman–Crippen MR) is 82.6 cm³/mol. The molecule has 0 bridgehead atoms. The van der Waals surface area contributed by atoms with Crippen LogP contribution in [-0.4, -0.2) is 5.91 Å². The van der Waals surface area contributed by atoms with E-state index < -0.39 is 17.8 Å². The molecule has 21 heavy (non-hydrogen) atoms. The lowest BCUT2D eigenvalue weighted by Gasteiger charge is -2.20. The maximum Gasteiger partial charge on any atom is 0.229 e. The number of anilines is 1. The van der Waals surface area contributed by atoms with Gasteiger partial charge in [0, 0.05) is 6.04 Å². The maximum absolute atomic E-state index is 13.8. The zero-order chi connectivity index (χ0) is 15.4. The second kappa shape index (κ2) is 6.70. The average Bonchev–Trinajstić information content (AvgIpc) is 2.51. The van der Waals surface area contributed by atoms with Gasteiger partial charge in [-0.3, -0.25) is 4.79 Å². The van der Waals surface area contributed by atoms with Gasteiger partial charge in [-0.15, -0.1) is 0 Å². The highest BCUT2D eigenvalue weighted by molar-refractivity contribution is 6.31. The van der Waals surface area contributed by atoms with E-state index in [1.54, 1.807) is 13.0 Å². The molecule has 0 aromatic heterocycles. The monoisotopic (exact) mass is 306 g/mol. The molecule has 0 radical (unpaired) electrons. The third kappa shape index (κ3) is 3.60. The molecule has 2 aromatic carbocycles. The number of benzene rings is 2. The van der Waals surface area contributed by atoms with Crippen molar-refractivity contribution < 1.29 is 9.18 Å². The number of halogens is 2. The van der Waals surface area contributed by atoms with Gasteiger partial charge in [0.1, 0.15) is 0 Å². The second-order valence-electron chi connectivity index (χ2n) is 4.82. The number of amides is 1. The van der Waals surface area contributed by atoms with Crippen molar-refractivity contribution in [1.29, 1.82) is 0 Å². The fraction of sp³-hybridized carbons (Fsp3) is 0.188. The van der Waals surface area contributed by atoms with Gasteiger partial charge in [0.05, 0.1) is 16.6 Å². The summed E-state index contributed by atoms with van der Waals surface area (Å²) in [5.41, 5.74) is 6.99. The van der Waals surface area contributed by atoms with E-state index >= 15 is 0 Å². The number of hydrogen-bond acceptors (Lipinski definition) is 2. The Kier molecular flexibility index (Phi) is 4.94. The summed E-state index contributed by atoms with van der Waals surface area (Å²) in [6, 6.07) is 13.3. The Balaban J connectivity index is 2.11. The van der Waals surface area contributed by atoms with E-state index in [0.29, 0.717) is 0 Å². The van der Waals surface area contributed by atoms with Gasteiger partial charge in [0.25, 0.3) is 0 Å². The summed E-state index contributed by atoms with van der Waals surface area (Å²) in [5, 5.41) is 2.49. The standard InChI is InChI=1S/C16H16ClFN2O/c1-10(15(19)11-6-3-2-4-7-11)16(21)20-13-9-5-8-12(17)14(13)18/h2-10,15H,19H2,1H3,(H,20,21). The zero-order valence-electron chi connectivity index (χ0n) is 11.5. The molecule has 0 aliphatic heterocycles. The van der Waals surface area contributed by atoms with Crippen molar-refractivity contribution in [3.63, 3.8) is 0 Å². The van der Waals surface area contributed by atoms with E-state index in [1.807, 2.05) is 30.3 Å².